The predicted molar refractivity (Wildman–Crippen MR) is 80.2 cm³/mol. The molecular formula is C17H26FNO. The Hall–Kier alpha value is -0.930. The van der Waals surface area contributed by atoms with Crippen molar-refractivity contribution in [1.29, 1.82) is 0 Å². The van der Waals surface area contributed by atoms with Gasteiger partial charge in [0.25, 0.3) is 0 Å². The van der Waals surface area contributed by atoms with E-state index in [9.17, 15) is 4.39 Å². The summed E-state index contributed by atoms with van der Waals surface area (Å²) in [5.74, 6) is 0.247. The zero-order chi connectivity index (χ0) is 14.7. The van der Waals surface area contributed by atoms with Crippen LogP contribution in [0.5, 0.6) is 0 Å². The second kappa shape index (κ2) is 6.68. The summed E-state index contributed by atoms with van der Waals surface area (Å²) in [4.78, 5) is 0. The number of aryl methyl sites for hydroxylation is 2. The summed E-state index contributed by atoms with van der Waals surface area (Å²) in [6.45, 7) is 3.83. The van der Waals surface area contributed by atoms with Crippen LogP contribution in [0.1, 0.15) is 54.8 Å². The molecule has 112 valence electrons. The predicted octanol–water partition coefficient (Wildman–Crippen LogP) is 4.04. The first-order valence-electron chi connectivity index (χ1n) is 7.59. The second-order valence-electron chi connectivity index (χ2n) is 6.10. The van der Waals surface area contributed by atoms with Gasteiger partial charge in [0.05, 0.1) is 12.1 Å². The van der Waals surface area contributed by atoms with Gasteiger partial charge >= 0.3 is 0 Å². The lowest BCUT2D eigenvalue weighted by atomic mass is 9.80. The van der Waals surface area contributed by atoms with Crippen molar-refractivity contribution in [2.45, 2.75) is 58.1 Å². The van der Waals surface area contributed by atoms with Gasteiger partial charge in [-0.1, -0.05) is 25.3 Å². The maximum absolute atomic E-state index is 14.3. The zero-order valence-electron chi connectivity index (χ0n) is 12.8. The molecule has 0 heterocycles. The van der Waals surface area contributed by atoms with Crippen LogP contribution in [0.3, 0.4) is 0 Å². The van der Waals surface area contributed by atoms with Gasteiger partial charge in [0.1, 0.15) is 5.82 Å². The molecule has 2 nitrogen and oxygen atoms in total. The molecule has 3 heteroatoms. The quantitative estimate of drug-likeness (QED) is 0.903. The average Bonchev–Trinajstić information content (AvgIpc) is 2.39. The Labute approximate surface area is 121 Å². The third-order valence-electron chi connectivity index (χ3n) is 4.55. The molecule has 2 atom stereocenters. The Morgan fingerprint density at radius 3 is 2.40 bits per heavy atom. The van der Waals surface area contributed by atoms with Crippen LogP contribution >= 0.6 is 0 Å². The third kappa shape index (κ3) is 3.21. The maximum atomic E-state index is 14.3. The third-order valence-corrected chi connectivity index (χ3v) is 4.55. The maximum Gasteiger partial charge on any atom is 0.128 e. The van der Waals surface area contributed by atoms with Crippen molar-refractivity contribution in [3.8, 4) is 0 Å². The van der Waals surface area contributed by atoms with Crippen molar-refractivity contribution >= 4 is 0 Å². The van der Waals surface area contributed by atoms with Crippen LogP contribution in [-0.2, 0) is 4.74 Å². The summed E-state index contributed by atoms with van der Waals surface area (Å²) in [7, 11) is 1.70. The Balaban J connectivity index is 2.26. The summed E-state index contributed by atoms with van der Waals surface area (Å²) >= 11 is 0. The van der Waals surface area contributed by atoms with E-state index in [-0.39, 0.29) is 18.0 Å². The lowest BCUT2D eigenvalue weighted by Gasteiger charge is -2.34. The highest BCUT2D eigenvalue weighted by molar-refractivity contribution is 5.35. The zero-order valence-corrected chi connectivity index (χ0v) is 12.8. The van der Waals surface area contributed by atoms with Gasteiger partial charge in [-0.2, -0.15) is 0 Å². The molecule has 0 amide bonds. The number of rotatable bonds is 4. The molecule has 0 aliphatic heterocycles. The van der Waals surface area contributed by atoms with Gasteiger partial charge in [-0.3, -0.25) is 0 Å². The topological polar surface area (TPSA) is 35.2 Å². The molecular weight excluding hydrogens is 253 g/mol. The molecule has 1 aliphatic rings. The summed E-state index contributed by atoms with van der Waals surface area (Å²) in [6.07, 6.45) is 5.93. The van der Waals surface area contributed by atoms with Crippen molar-refractivity contribution in [2.24, 2.45) is 11.7 Å². The fraction of sp³-hybridized carbons (Fsp3) is 0.647. The number of ether oxygens (including phenoxy) is 1. The highest BCUT2D eigenvalue weighted by Gasteiger charge is 2.31. The summed E-state index contributed by atoms with van der Waals surface area (Å²) in [5, 5.41) is 0. The smallest absolute Gasteiger partial charge is 0.128 e. The van der Waals surface area contributed by atoms with Gasteiger partial charge < -0.3 is 10.5 Å². The number of halogens is 1. The lowest BCUT2D eigenvalue weighted by molar-refractivity contribution is 0.0164. The van der Waals surface area contributed by atoms with E-state index >= 15 is 0 Å². The first-order valence-corrected chi connectivity index (χ1v) is 7.59. The molecule has 1 fully saturated rings. The molecule has 2 unspecified atom stereocenters. The van der Waals surface area contributed by atoms with Gasteiger partial charge in [0.15, 0.2) is 0 Å². The van der Waals surface area contributed by atoms with Crippen LogP contribution in [-0.4, -0.2) is 13.2 Å². The first kappa shape index (κ1) is 15.5. The van der Waals surface area contributed by atoms with Gasteiger partial charge in [-0.05, 0) is 49.8 Å². The van der Waals surface area contributed by atoms with E-state index in [1.807, 2.05) is 19.9 Å². The Morgan fingerprint density at radius 2 is 1.85 bits per heavy atom. The summed E-state index contributed by atoms with van der Waals surface area (Å²) in [6, 6.07) is 3.17. The van der Waals surface area contributed by atoms with Gasteiger partial charge in [0.2, 0.25) is 0 Å². The SMILES string of the molecule is COC(C1CCCCC1)C(N)c1c(C)cc(C)cc1F. The van der Waals surface area contributed by atoms with Crippen LogP contribution < -0.4 is 5.73 Å². The molecule has 1 aliphatic carbocycles. The number of nitrogens with two attached hydrogens (primary N) is 1. The normalized spacial score (nSPS) is 19.9. The second-order valence-corrected chi connectivity index (χ2v) is 6.10. The van der Waals surface area contributed by atoms with Crippen molar-refractivity contribution in [1.82, 2.24) is 0 Å². The van der Waals surface area contributed by atoms with Gasteiger partial charge in [-0.25, -0.2) is 4.39 Å². The van der Waals surface area contributed by atoms with Crippen molar-refractivity contribution < 1.29 is 9.13 Å². The average molecular weight is 279 g/mol. The number of hydrogen-bond acceptors (Lipinski definition) is 2. The molecule has 0 bridgehead atoms. The van der Waals surface area contributed by atoms with E-state index in [4.69, 9.17) is 10.5 Å². The summed E-state index contributed by atoms with van der Waals surface area (Å²) < 4.78 is 19.9. The van der Waals surface area contributed by atoms with E-state index in [1.165, 1.54) is 19.3 Å². The molecule has 0 saturated heterocycles. The van der Waals surface area contributed by atoms with Crippen LogP contribution in [0.25, 0.3) is 0 Å². The Morgan fingerprint density at radius 1 is 1.20 bits per heavy atom. The minimum atomic E-state index is -0.385. The standard InChI is InChI=1S/C17H26FNO/c1-11-9-12(2)15(14(18)10-11)16(19)17(20-3)13-7-5-4-6-8-13/h9-10,13,16-17H,4-8,19H2,1-3H3. The minimum Gasteiger partial charge on any atom is -0.379 e. The number of methoxy groups -OCH3 is 1. The minimum absolute atomic E-state index is 0.0915. The fourth-order valence-electron chi connectivity index (χ4n) is 3.61. The Kier molecular flexibility index (Phi) is 5.17. The van der Waals surface area contributed by atoms with E-state index in [2.05, 4.69) is 0 Å². The van der Waals surface area contributed by atoms with Crippen molar-refractivity contribution in [3.63, 3.8) is 0 Å². The highest BCUT2D eigenvalue weighted by Crippen LogP contribution is 2.34. The molecule has 0 radical (unpaired) electrons. The van der Waals surface area contributed by atoms with E-state index in [0.29, 0.717) is 11.5 Å². The molecule has 20 heavy (non-hydrogen) atoms. The molecule has 1 aromatic rings. The molecule has 1 aromatic carbocycles. The van der Waals surface area contributed by atoms with Crippen molar-refractivity contribution in [3.05, 3.63) is 34.6 Å². The first-order chi connectivity index (χ1) is 9.54. The molecule has 0 aromatic heterocycles. The molecule has 1 saturated carbocycles. The van der Waals surface area contributed by atoms with E-state index in [0.717, 1.165) is 24.0 Å². The Bertz CT molecular complexity index is 431. The van der Waals surface area contributed by atoms with Crippen molar-refractivity contribution in [2.75, 3.05) is 7.11 Å². The molecule has 2 rings (SSSR count). The molecule has 2 N–H and O–H groups in total. The van der Waals surface area contributed by atoms with Crippen LogP contribution in [0, 0.1) is 25.6 Å². The van der Waals surface area contributed by atoms with Crippen LogP contribution in [0.2, 0.25) is 0 Å². The van der Waals surface area contributed by atoms with Crippen LogP contribution in [0.4, 0.5) is 4.39 Å². The largest absolute Gasteiger partial charge is 0.379 e. The van der Waals surface area contributed by atoms with Gasteiger partial charge in [-0.15, -0.1) is 0 Å². The number of benzene rings is 1. The van der Waals surface area contributed by atoms with Crippen LogP contribution in [0.15, 0.2) is 12.1 Å². The lowest BCUT2D eigenvalue weighted by Crippen LogP contribution is -2.36. The van der Waals surface area contributed by atoms with E-state index in [1.54, 1.807) is 13.2 Å². The van der Waals surface area contributed by atoms with Gasteiger partial charge in [0, 0.05) is 12.7 Å². The monoisotopic (exact) mass is 279 g/mol. The van der Waals surface area contributed by atoms with E-state index < -0.39 is 0 Å². The summed E-state index contributed by atoms with van der Waals surface area (Å²) in [5.41, 5.74) is 8.84. The fourth-order valence-corrected chi connectivity index (χ4v) is 3.61. The number of hydrogen-bond donors (Lipinski definition) is 1. The molecule has 0 spiro atoms. The highest BCUT2D eigenvalue weighted by atomic mass is 19.1.